The van der Waals surface area contributed by atoms with Crippen LogP contribution in [0.4, 0.5) is 10.6 Å². The summed E-state index contributed by atoms with van der Waals surface area (Å²) in [5.41, 5.74) is 1.55. The topological polar surface area (TPSA) is 133 Å². The molecule has 0 bridgehead atoms. The van der Waals surface area contributed by atoms with Crippen LogP contribution in [-0.2, 0) is 11.8 Å². The van der Waals surface area contributed by atoms with Gasteiger partial charge in [0.25, 0.3) is 5.56 Å². The van der Waals surface area contributed by atoms with Crippen molar-refractivity contribution in [2.75, 3.05) is 11.4 Å². The normalized spacial score (nSPS) is 17.8. The third-order valence-electron chi connectivity index (χ3n) is 6.74. The zero-order valence-electron chi connectivity index (χ0n) is 22.9. The van der Waals surface area contributed by atoms with E-state index < -0.39 is 11.7 Å². The molecule has 1 aliphatic rings. The van der Waals surface area contributed by atoms with Gasteiger partial charge in [0.2, 0.25) is 5.88 Å². The molecule has 5 rings (SSSR count). The van der Waals surface area contributed by atoms with Gasteiger partial charge in [0.15, 0.2) is 0 Å². The average Bonchev–Trinajstić information content (AvgIpc) is 3.54. The molecule has 12 heteroatoms. The number of aromatic amines is 1. The Morgan fingerprint density at radius 2 is 1.92 bits per heavy atom. The summed E-state index contributed by atoms with van der Waals surface area (Å²) in [5.74, 6) is 0.954. The van der Waals surface area contributed by atoms with Crippen LogP contribution in [0, 0.1) is 0 Å². The minimum atomic E-state index is -0.617. The number of rotatable bonds is 6. The highest BCUT2D eigenvalue weighted by molar-refractivity contribution is 5.95. The molecule has 12 nitrogen and oxygen atoms in total. The van der Waals surface area contributed by atoms with Gasteiger partial charge in [-0.25, -0.2) is 14.5 Å². The maximum atomic E-state index is 12.9. The lowest BCUT2D eigenvalue weighted by atomic mass is 9.93. The first-order valence-electron chi connectivity index (χ1n) is 13.2. The molecule has 1 amide bonds. The molecule has 0 aliphatic heterocycles. The third kappa shape index (κ3) is 5.64. The van der Waals surface area contributed by atoms with Crippen molar-refractivity contribution in [3.05, 3.63) is 47.0 Å². The Kier molecular flexibility index (Phi) is 7.11. The van der Waals surface area contributed by atoms with Gasteiger partial charge in [-0.2, -0.15) is 10.2 Å². The van der Waals surface area contributed by atoms with Crippen LogP contribution in [0.2, 0.25) is 0 Å². The minimum absolute atomic E-state index is 0.00105. The molecule has 1 fully saturated rings. The van der Waals surface area contributed by atoms with Gasteiger partial charge >= 0.3 is 6.09 Å². The fourth-order valence-electron chi connectivity index (χ4n) is 4.85. The second kappa shape index (κ2) is 10.5. The number of ether oxygens (including phenoxy) is 2. The highest BCUT2D eigenvalue weighted by atomic mass is 16.6. The molecule has 0 saturated heterocycles. The molecule has 39 heavy (non-hydrogen) atoms. The number of carbonyl (C=O) groups excluding carboxylic acids is 1. The number of amides is 1. The number of anilines is 1. The van der Waals surface area contributed by atoms with Crippen LogP contribution in [0.15, 0.2) is 41.5 Å². The SMILES string of the molecule is CCN(C(=O)OC(C)(C)C)c1cc2c(cn1)c(-c1cc[nH]n1)nn2[C@H]1CC[C@@H](Oc2ccc(=O)n(C)n2)CC1. The number of hydrogen-bond acceptors (Lipinski definition) is 8. The Hall–Kier alpha value is -4.22. The molecule has 4 aromatic heterocycles. The summed E-state index contributed by atoms with van der Waals surface area (Å²) in [6.07, 6.45) is 6.38. The van der Waals surface area contributed by atoms with Crippen molar-refractivity contribution in [1.82, 2.24) is 34.7 Å². The molecule has 4 heterocycles. The Morgan fingerprint density at radius 1 is 1.15 bits per heavy atom. The highest BCUT2D eigenvalue weighted by Gasteiger charge is 2.29. The fraction of sp³-hybridized carbons (Fsp3) is 0.481. The summed E-state index contributed by atoms with van der Waals surface area (Å²) in [4.78, 5) is 30.7. The van der Waals surface area contributed by atoms with E-state index in [9.17, 15) is 9.59 Å². The minimum Gasteiger partial charge on any atom is -0.473 e. The van der Waals surface area contributed by atoms with Crippen molar-refractivity contribution in [2.24, 2.45) is 7.05 Å². The average molecular weight is 535 g/mol. The first-order chi connectivity index (χ1) is 18.6. The zero-order valence-corrected chi connectivity index (χ0v) is 22.9. The molecule has 1 saturated carbocycles. The van der Waals surface area contributed by atoms with Gasteiger partial charge in [-0.1, -0.05) is 0 Å². The summed E-state index contributed by atoms with van der Waals surface area (Å²) < 4.78 is 15.0. The molecule has 1 N–H and O–H groups in total. The van der Waals surface area contributed by atoms with Gasteiger partial charge in [-0.3, -0.25) is 19.5 Å². The van der Waals surface area contributed by atoms with E-state index in [0.29, 0.717) is 18.2 Å². The summed E-state index contributed by atoms with van der Waals surface area (Å²) in [6.45, 7) is 7.83. The van der Waals surface area contributed by atoms with Crippen LogP contribution >= 0.6 is 0 Å². The van der Waals surface area contributed by atoms with Crippen LogP contribution in [0.25, 0.3) is 22.3 Å². The Morgan fingerprint density at radius 3 is 2.56 bits per heavy atom. The second-order valence-corrected chi connectivity index (χ2v) is 10.7. The third-order valence-corrected chi connectivity index (χ3v) is 6.74. The van der Waals surface area contributed by atoms with Gasteiger partial charge in [-0.15, -0.1) is 5.10 Å². The number of aryl methyl sites for hydroxylation is 1. The molecule has 0 atom stereocenters. The number of nitrogens with zero attached hydrogens (tertiary/aromatic N) is 7. The zero-order chi connectivity index (χ0) is 27.7. The van der Waals surface area contributed by atoms with Crippen molar-refractivity contribution in [2.45, 2.75) is 71.1 Å². The lowest BCUT2D eigenvalue weighted by molar-refractivity contribution is 0.0581. The molecule has 1 aliphatic carbocycles. The summed E-state index contributed by atoms with van der Waals surface area (Å²) in [5, 5.41) is 17.2. The van der Waals surface area contributed by atoms with Crippen LogP contribution in [0.1, 0.15) is 59.4 Å². The van der Waals surface area contributed by atoms with E-state index in [2.05, 4.69) is 20.3 Å². The number of H-pyrrole nitrogens is 1. The fourth-order valence-corrected chi connectivity index (χ4v) is 4.85. The van der Waals surface area contributed by atoms with Crippen molar-refractivity contribution < 1.29 is 14.3 Å². The molecule has 0 aromatic carbocycles. The standard InChI is InChI=1S/C27H34N8O4/c1-6-34(26(37)39-27(2,3)4)22-15-21-19(16-28-22)25(20-13-14-29-30-20)32-35(21)17-7-9-18(10-8-17)38-23-11-12-24(36)33(5)31-23/h11-18H,6-10H2,1-5H3,(H,29,30)/t17-,18+. The van der Waals surface area contributed by atoms with E-state index in [1.54, 1.807) is 25.5 Å². The lowest BCUT2D eigenvalue weighted by Gasteiger charge is -2.29. The van der Waals surface area contributed by atoms with E-state index >= 15 is 0 Å². The molecule has 0 spiro atoms. The molecule has 0 unspecified atom stereocenters. The number of fused-ring (bicyclic) bond motifs is 1. The van der Waals surface area contributed by atoms with Gasteiger partial charge in [0.1, 0.15) is 28.9 Å². The highest BCUT2D eigenvalue weighted by Crippen LogP contribution is 2.36. The Bertz CT molecular complexity index is 1510. The van der Waals surface area contributed by atoms with Crippen molar-refractivity contribution in [1.29, 1.82) is 0 Å². The van der Waals surface area contributed by atoms with E-state index in [1.807, 2.05) is 44.5 Å². The number of aromatic nitrogens is 7. The van der Waals surface area contributed by atoms with Crippen LogP contribution in [-0.4, -0.2) is 59.1 Å². The molecule has 4 aromatic rings. The van der Waals surface area contributed by atoms with Gasteiger partial charge in [0, 0.05) is 49.6 Å². The second-order valence-electron chi connectivity index (χ2n) is 10.7. The first kappa shape index (κ1) is 26.4. The van der Waals surface area contributed by atoms with E-state index in [4.69, 9.17) is 14.6 Å². The maximum Gasteiger partial charge on any atom is 0.415 e. The van der Waals surface area contributed by atoms with Crippen LogP contribution in [0.5, 0.6) is 5.88 Å². The number of hydrogen-bond donors (Lipinski definition) is 1. The largest absolute Gasteiger partial charge is 0.473 e. The number of nitrogens with one attached hydrogen (secondary N) is 1. The number of pyridine rings is 1. The van der Waals surface area contributed by atoms with Gasteiger partial charge < -0.3 is 9.47 Å². The monoisotopic (exact) mass is 534 g/mol. The van der Waals surface area contributed by atoms with Crippen molar-refractivity contribution in [3.8, 4) is 17.3 Å². The summed E-state index contributed by atoms with van der Waals surface area (Å²) in [6, 6.07) is 6.99. The van der Waals surface area contributed by atoms with Crippen LogP contribution < -0.4 is 15.2 Å². The number of carbonyl (C=O) groups is 1. The summed E-state index contributed by atoms with van der Waals surface area (Å²) >= 11 is 0. The van der Waals surface area contributed by atoms with E-state index in [0.717, 1.165) is 48.0 Å². The van der Waals surface area contributed by atoms with E-state index in [1.165, 1.54) is 15.6 Å². The summed E-state index contributed by atoms with van der Waals surface area (Å²) in [7, 11) is 1.61. The smallest absolute Gasteiger partial charge is 0.415 e. The molecular weight excluding hydrogens is 500 g/mol. The van der Waals surface area contributed by atoms with Crippen LogP contribution in [0.3, 0.4) is 0 Å². The Labute approximate surface area is 225 Å². The first-order valence-corrected chi connectivity index (χ1v) is 13.2. The molecule has 0 radical (unpaired) electrons. The van der Waals surface area contributed by atoms with Crippen molar-refractivity contribution >= 4 is 22.8 Å². The Balaban J connectivity index is 1.43. The van der Waals surface area contributed by atoms with Crippen molar-refractivity contribution in [3.63, 3.8) is 0 Å². The predicted molar refractivity (Wildman–Crippen MR) is 146 cm³/mol. The van der Waals surface area contributed by atoms with Gasteiger partial charge in [-0.05, 0) is 59.4 Å². The van der Waals surface area contributed by atoms with E-state index in [-0.39, 0.29) is 17.7 Å². The maximum absolute atomic E-state index is 12.9. The molecule has 206 valence electrons. The quantitative estimate of drug-likeness (QED) is 0.388. The predicted octanol–water partition coefficient (Wildman–Crippen LogP) is 4.24. The lowest BCUT2D eigenvalue weighted by Crippen LogP contribution is -2.37. The van der Waals surface area contributed by atoms with Gasteiger partial charge in [0.05, 0.1) is 11.6 Å². The molecular formula is C27H34N8O4.